The zero-order chi connectivity index (χ0) is 16.3. The third kappa shape index (κ3) is 3.16. The van der Waals surface area contributed by atoms with Gasteiger partial charge >= 0.3 is 5.97 Å². The number of hydrogen-bond donors (Lipinski definition) is 1. The molecule has 0 fully saturated rings. The van der Waals surface area contributed by atoms with Crippen LogP contribution in [-0.2, 0) is 4.74 Å². The molecule has 0 saturated heterocycles. The van der Waals surface area contributed by atoms with Crippen LogP contribution in [0.15, 0.2) is 24.3 Å². The minimum atomic E-state index is -0.503. The molecule has 116 valence electrons. The van der Waals surface area contributed by atoms with Crippen molar-refractivity contribution >= 4 is 11.8 Å². The number of halogens is 1. The number of carbonyl (C=O) groups is 2. The van der Waals surface area contributed by atoms with Crippen LogP contribution in [0, 0.1) is 19.7 Å². The number of esters is 1. The van der Waals surface area contributed by atoms with Gasteiger partial charge in [0.15, 0.2) is 6.61 Å². The normalized spacial score (nSPS) is 10.4. The van der Waals surface area contributed by atoms with E-state index in [9.17, 15) is 14.0 Å². The Morgan fingerprint density at radius 2 is 2.00 bits per heavy atom. The third-order valence-corrected chi connectivity index (χ3v) is 3.27. The van der Waals surface area contributed by atoms with Gasteiger partial charge in [-0.15, -0.1) is 0 Å². The SMILES string of the molecule is COC(=O)c1c(C)[nH]c(C(=O)COc2cccc(F)c2)c1C. The van der Waals surface area contributed by atoms with E-state index in [2.05, 4.69) is 4.98 Å². The van der Waals surface area contributed by atoms with Gasteiger partial charge in [0.1, 0.15) is 11.6 Å². The van der Waals surface area contributed by atoms with Gasteiger partial charge in [0.25, 0.3) is 0 Å². The molecule has 0 aliphatic heterocycles. The van der Waals surface area contributed by atoms with Crippen molar-refractivity contribution in [1.82, 2.24) is 4.98 Å². The summed E-state index contributed by atoms with van der Waals surface area (Å²) in [6.07, 6.45) is 0. The summed E-state index contributed by atoms with van der Waals surface area (Å²) in [6, 6.07) is 5.54. The molecule has 0 atom stereocenters. The molecule has 1 N–H and O–H groups in total. The zero-order valence-corrected chi connectivity index (χ0v) is 12.5. The van der Waals surface area contributed by atoms with Gasteiger partial charge < -0.3 is 14.5 Å². The summed E-state index contributed by atoms with van der Waals surface area (Å²) in [5.74, 6) is -1.01. The smallest absolute Gasteiger partial charge is 0.339 e. The molecule has 0 saturated carbocycles. The molecule has 5 nitrogen and oxygen atoms in total. The van der Waals surface area contributed by atoms with Gasteiger partial charge in [0, 0.05) is 11.8 Å². The molecule has 6 heteroatoms. The van der Waals surface area contributed by atoms with Gasteiger partial charge in [-0.2, -0.15) is 0 Å². The number of rotatable bonds is 5. The number of ketones is 1. The van der Waals surface area contributed by atoms with E-state index in [-0.39, 0.29) is 23.8 Å². The summed E-state index contributed by atoms with van der Waals surface area (Å²) in [4.78, 5) is 26.8. The fourth-order valence-corrected chi connectivity index (χ4v) is 2.21. The van der Waals surface area contributed by atoms with Gasteiger partial charge in [-0.1, -0.05) is 6.07 Å². The first-order valence-electron chi connectivity index (χ1n) is 6.63. The van der Waals surface area contributed by atoms with Crippen LogP contribution < -0.4 is 4.74 Å². The number of benzene rings is 1. The van der Waals surface area contributed by atoms with Crippen molar-refractivity contribution in [1.29, 1.82) is 0 Å². The maximum Gasteiger partial charge on any atom is 0.339 e. The van der Waals surface area contributed by atoms with Crippen molar-refractivity contribution < 1.29 is 23.5 Å². The van der Waals surface area contributed by atoms with Gasteiger partial charge in [0.2, 0.25) is 5.78 Å². The number of ether oxygens (including phenoxy) is 2. The molecule has 2 aromatic rings. The van der Waals surface area contributed by atoms with E-state index in [1.807, 2.05) is 0 Å². The fraction of sp³-hybridized carbons (Fsp3) is 0.250. The van der Waals surface area contributed by atoms with E-state index in [0.717, 1.165) is 0 Å². The van der Waals surface area contributed by atoms with Gasteiger partial charge in [0.05, 0.1) is 18.4 Å². The minimum absolute atomic E-state index is 0.259. The molecule has 0 aliphatic carbocycles. The summed E-state index contributed by atoms with van der Waals surface area (Å²) < 4.78 is 23.0. The molecule has 1 heterocycles. The number of aryl methyl sites for hydroxylation is 1. The molecule has 22 heavy (non-hydrogen) atoms. The lowest BCUT2D eigenvalue weighted by atomic mass is 10.1. The largest absolute Gasteiger partial charge is 0.485 e. The Morgan fingerprint density at radius 3 is 2.64 bits per heavy atom. The minimum Gasteiger partial charge on any atom is -0.485 e. The Labute approximate surface area is 127 Å². The second-order valence-corrected chi connectivity index (χ2v) is 4.79. The highest BCUT2D eigenvalue weighted by molar-refractivity contribution is 6.02. The van der Waals surface area contributed by atoms with E-state index >= 15 is 0 Å². The van der Waals surface area contributed by atoms with Crippen LogP contribution in [0.25, 0.3) is 0 Å². The predicted molar refractivity (Wildman–Crippen MR) is 77.8 cm³/mol. The molecular weight excluding hydrogens is 289 g/mol. The van der Waals surface area contributed by atoms with E-state index < -0.39 is 11.8 Å². The van der Waals surface area contributed by atoms with Gasteiger partial charge in [-0.3, -0.25) is 4.79 Å². The quantitative estimate of drug-likeness (QED) is 0.681. The first-order valence-corrected chi connectivity index (χ1v) is 6.63. The Kier molecular flexibility index (Phi) is 4.60. The van der Waals surface area contributed by atoms with Crippen molar-refractivity contribution in [3.8, 4) is 5.75 Å². The lowest BCUT2D eigenvalue weighted by molar-refractivity contribution is 0.0599. The Bertz CT molecular complexity index is 721. The molecule has 0 bridgehead atoms. The number of Topliss-reactive ketones (excluding diaryl/α,β-unsaturated/α-hetero) is 1. The van der Waals surface area contributed by atoms with Crippen LogP contribution in [0.3, 0.4) is 0 Å². The van der Waals surface area contributed by atoms with Crippen molar-refractivity contribution in [2.75, 3.05) is 13.7 Å². The first kappa shape index (κ1) is 15.8. The highest BCUT2D eigenvalue weighted by Crippen LogP contribution is 2.20. The number of hydrogen-bond acceptors (Lipinski definition) is 4. The highest BCUT2D eigenvalue weighted by atomic mass is 19.1. The molecule has 0 radical (unpaired) electrons. The monoisotopic (exact) mass is 305 g/mol. The fourth-order valence-electron chi connectivity index (χ4n) is 2.21. The molecule has 0 unspecified atom stereocenters. The molecular formula is C16H16FNO4. The molecule has 2 rings (SSSR count). The summed E-state index contributed by atoms with van der Waals surface area (Å²) in [5, 5.41) is 0. The third-order valence-electron chi connectivity index (χ3n) is 3.27. The van der Waals surface area contributed by atoms with E-state index in [1.165, 1.54) is 25.3 Å². The average molecular weight is 305 g/mol. The number of aromatic nitrogens is 1. The van der Waals surface area contributed by atoms with Gasteiger partial charge in [-0.25, -0.2) is 9.18 Å². The Balaban J connectivity index is 2.15. The van der Waals surface area contributed by atoms with Crippen LogP contribution in [0.2, 0.25) is 0 Å². The highest BCUT2D eigenvalue weighted by Gasteiger charge is 2.22. The lowest BCUT2D eigenvalue weighted by Crippen LogP contribution is -2.13. The molecule has 1 aromatic carbocycles. The van der Waals surface area contributed by atoms with Crippen molar-refractivity contribution in [3.05, 3.63) is 52.6 Å². The van der Waals surface area contributed by atoms with Crippen molar-refractivity contribution in [2.24, 2.45) is 0 Å². The van der Waals surface area contributed by atoms with Crippen LogP contribution in [-0.4, -0.2) is 30.5 Å². The summed E-state index contributed by atoms with van der Waals surface area (Å²) in [5.41, 5.74) is 1.70. The van der Waals surface area contributed by atoms with Crippen molar-refractivity contribution in [3.63, 3.8) is 0 Å². The van der Waals surface area contributed by atoms with E-state index in [0.29, 0.717) is 16.8 Å². The Morgan fingerprint density at radius 1 is 1.27 bits per heavy atom. The maximum absolute atomic E-state index is 13.0. The van der Waals surface area contributed by atoms with Crippen LogP contribution in [0.5, 0.6) is 5.75 Å². The molecule has 0 spiro atoms. The Hall–Kier alpha value is -2.63. The van der Waals surface area contributed by atoms with Gasteiger partial charge in [-0.05, 0) is 31.5 Å². The van der Waals surface area contributed by atoms with Crippen LogP contribution in [0.4, 0.5) is 4.39 Å². The van der Waals surface area contributed by atoms with Crippen molar-refractivity contribution in [2.45, 2.75) is 13.8 Å². The van der Waals surface area contributed by atoms with E-state index in [4.69, 9.17) is 9.47 Å². The topological polar surface area (TPSA) is 68.4 Å². The summed E-state index contributed by atoms with van der Waals surface area (Å²) in [7, 11) is 1.28. The molecule has 0 amide bonds. The zero-order valence-electron chi connectivity index (χ0n) is 12.5. The second-order valence-electron chi connectivity index (χ2n) is 4.79. The second kappa shape index (κ2) is 6.43. The number of aromatic amines is 1. The lowest BCUT2D eigenvalue weighted by Gasteiger charge is -2.05. The molecule has 0 aliphatic rings. The predicted octanol–water partition coefficient (Wildman–Crippen LogP) is 2.82. The number of carbonyl (C=O) groups excluding carboxylic acids is 2. The standard InChI is InChI=1S/C16H16FNO4/c1-9-14(16(20)21-3)10(2)18-15(9)13(19)8-22-12-6-4-5-11(17)7-12/h4-7,18H,8H2,1-3H3. The molecule has 1 aromatic heterocycles. The van der Waals surface area contributed by atoms with Crippen LogP contribution in [0.1, 0.15) is 32.1 Å². The van der Waals surface area contributed by atoms with E-state index in [1.54, 1.807) is 19.9 Å². The number of H-pyrrole nitrogens is 1. The summed E-state index contributed by atoms with van der Waals surface area (Å²) >= 11 is 0. The van der Waals surface area contributed by atoms with Crippen LogP contribution >= 0.6 is 0 Å². The number of methoxy groups -OCH3 is 1. The number of nitrogens with one attached hydrogen (secondary N) is 1. The first-order chi connectivity index (χ1) is 10.4. The summed E-state index contributed by atoms with van der Waals surface area (Å²) in [6.45, 7) is 3.08. The maximum atomic E-state index is 13.0. The average Bonchev–Trinajstić information content (AvgIpc) is 2.79.